The molecule has 0 atom stereocenters. The van der Waals surface area contributed by atoms with E-state index in [1.807, 2.05) is 58.9 Å². The van der Waals surface area contributed by atoms with Crippen molar-refractivity contribution in [2.45, 2.75) is 46.1 Å². The molecular weight excluding hydrogens is 366 g/mol. The number of benzene rings is 1. The van der Waals surface area contributed by atoms with Gasteiger partial charge in [0.1, 0.15) is 4.90 Å². The number of H-pyrrole nitrogens is 1. The highest BCUT2D eigenvalue weighted by atomic mass is 32.2. The summed E-state index contributed by atoms with van der Waals surface area (Å²) in [4.78, 5) is 2.06. The molecule has 2 aromatic heterocycles. The average molecular weight is 390 g/mol. The second-order valence-corrected chi connectivity index (χ2v) is 9.62. The van der Waals surface area contributed by atoms with Gasteiger partial charge in [0.15, 0.2) is 0 Å². The van der Waals surface area contributed by atoms with E-state index in [9.17, 15) is 8.42 Å². The topological polar surface area (TPSA) is 74.8 Å². The lowest BCUT2D eigenvalue weighted by atomic mass is 10.1. The Morgan fingerprint density at radius 3 is 2.38 bits per heavy atom. The van der Waals surface area contributed by atoms with Crippen LogP contribution >= 0.6 is 11.3 Å². The Morgan fingerprint density at radius 2 is 1.77 bits per heavy atom. The quantitative estimate of drug-likeness (QED) is 0.688. The lowest BCUT2D eigenvalue weighted by Crippen LogP contribution is -2.24. The van der Waals surface area contributed by atoms with E-state index < -0.39 is 10.0 Å². The smallest absolute Gasteiger partial charge is 0.242 e. The Bertz CT molecular complexity index is 1060. The first kappa shape index (κ1) is 18.8. The van der Waals surface area contributed by atoms with Crippen LogP contribution in [0.3, 0.4) is 0 Å². The predicted octanol–water partition coefficient (Wildman–Crippen LogP) is 4.16. The van der Waals surface area contributed by atoms with Gasteiger partial charge < -0.3 is 0 Å². The zero-order valence-corrected chi connectivity index (χ0v) is 17.2. The van der Waals surface area contributed by atoms with Crippen molar-refractivity contribution < 1.29 is 8.42 Å². The molecule has 1 aromatic carbocycles. The fourth-order valence-electron chi connectivity index (χ4n) is 3.04. The van der Waals surface area contributed by atoms with E-state index in [1.165, 1.54) is 11.3 Å². The molecule has 5 nitrogen and oxygen atoms in total. The van der Waals surface area contributed by atoms with Crippen molar-refractivity contribution in [2.75, 3.05) is 0 Å². The van der Waals surface area contributed by atoms with E-state index in [4.69, 9.17) is 0 Å². The van der Waals surface area contributed by atoms with Crippen LogP contribution in [0.25, 0.3) is 11.3 Å². The molecule has 0 unspecified atom stereocenters. The number of aryl methyl sites for hydroxylation is 4. The molecule has 26 heavy (non-hydrogen) atoms. The number of aromatic nitrogens is 2. The van der Waals surface area contributed by atoms with Crippen molar-refractivity contribution in [3.63, 3.8) is 0 Å². The van der Waals surface area contributed by atoms with Crippen LogP contribution in [-0.4, -0.2) is 18.6 Å². The molecule has 0 saturated carbocycles. The van der Waals surface area contributed by atoms with Gasteiger partial charge in [0.05, 0.1) is 5.69 Å². The summed E-state index contributed by atoms with van der Waals surface area (Å²) in [7, 11) is -3.66. The van der Waals surface area contributed by atoms with Crippen LogP contribution in [-0.2, 0) is 16.6 Å². The maximum Gasteiger partial charge on any atom is 0.242 e. The molecule has 138 valence electrons. The number of rotatable bonds is 5. The number of hydrogen-bond donors (Lipinski definition) is 2. The van der Waals surface area contributed by atoms with Gasteiger partial charge in [-0.3, -0.25) is 5.10 Å². The van der Waals surface area contributed by atoms with Crippen molar-refractivity contribution in [3.8, 4) is 11.3 Å². The van der Waals surface area contributed by atoms with Gasteiger partial charge in [0, 0.05) is 27.6 Å². The van der Waals surface area contributed by atoms with Gasteiger partial charge in [0.2, 0.25) is 10.0 Å². The Labute approximate surface area is 158 Å². The molecule has 0 saturated heterocycles. The minimum absolute atomic E-state index is 0.265. The van der Waals surface area contributed by atoms with E-state index in [0.29, 0.717) is 16.2 Å². The zero-order chi connectivity index (χ0) is 19.1. The van der Waals surface area contributed by atoms with Crippen LogP contribution in [0.4, 0.5) is 0 Å². The van der Waals surface area contributed by atoms with E-state index in [-0.39, 0.29) is 6.54 Å². The normalized spacial score (nSPS) is 11.9. The fourth-order valence-corrected chi connectivity index (χ4v) is 5.90. The molecule has 7 heteroatoms. The molecule has 2 heterocycles. The van der Waals surface area contributed by atoms with Crippen LogP contribution in [0.15, 0.2) is 29.2 Å². The highest BCUT2D eigenvalue weighted by Crippen LogP contribution is 2.39. The molecule has 0 amide bonds. The first-order valence-corrected chi connectivity index (χ1v) is 10.7. The van der Waals surface area contributed by atoms with Crippen LogP contribution in [0.1, 0.15) is 32.1 Å². The lowest BCUT2D eigenvalue weighted by molar-refractivity contribution is 0.581. The SMILES string of the molecule is Cc1ccccc1CNS(=O)(=O)c1c(C)sc(C)c1-c1n[nH]c(C)c1C. The van der Waals surface area contributed by atoms with E-state index in [0.717, 1.165) is 32.1 Å². The summed E-state index contributed by atoms with van der Waals surface area (Å²) < 4.78 is 29.0. The van der Waals surface area contributed by atoms with Crippen molar-refractivity contribution in [1.82, 2.24) is 14.9 Å². The molecule has 0 aliphatic heterocycles. The summed E-state index contributed by atoms with van der Waals surface area (Å²) >= 11 is 1.49. The monoisotopic (exact) mass is 389 g/mol. The standard InChI is InChI=1S/C19H23N3O2S2/c1-11-8-6-7-9-16(11)10-20-26(23,24)19-15(5)25-14(4)17(19)18-12(2)13(3)21-22-18/h6-9,20H,10H2,1-5H3,(H,21,22). The number of sulfonamides is 1. The first-order chi connectivity index (χ1) is 12.2. The third kappa shape index (κ3) is 3.34. The first-order valence-electron chi connectivity index (χ1n) is 8.38. The second-order valence-electron chi connectivity index (χ2n) is 6.49. The predicted molar refractivity (Wildman–Crippen MR) is 106 cm³/mol. The number of nitrogens with one attached hydrogen (secondary N) is 2. The number of thiophene rings is 1. The highest BCUT2D eigenvalue weighted by molar-refractivity contribution is 7.89. The molecule has 0 bridgehead atoms. The Balaban J connectivity index is 2.03. The molecule has 3 aromatic rings. The summed E-state index contributed by atoms with van der Waals surface area (Å²) in [5, 5.41) is 7.31. The third-order valence-corrected chi connectivity index (χ3v) is 7.40. The molecule has 3 rings (SSSR count). The van der Waals surface area contributed by atoms with Gasteiger partial charge in [-0.15, -0.1) is 11.3 Å². The van der Waals surface area contributed by atoms with Gasteiger partial charge in [-0.2, -0.15) is 5.10 Å². The van der Waals surface area contributed by atoms with Crippen molar-refractivity contribution in [3.05, 3.63) is 56.4 Å². The van der Waals surface area contributed by atoms with Crippen molar-refractivity contribution >= 4 is 21.4 Å². The van der Waals surface area contributed by atoms with Gasteiger partial charge >= 0.3 is 0 Å². The van der Waals surface area contributed by atoms with Crippen LogP contribution in [0.2, 0.25) is 0 Å². The van der Waals surface area contributed by atoms with Gasteiger partial charge in [0.25, 0.3) is 0 Å². The summed E-state index contributed by atoms with van der Waals surface area (Å²) in [6.07, 6.45) is 0. The van der Waals surface area contributed by atoms with Crippen molar-refractivity contribution in [2.24, 2.45) is 0 Å². The number of aromatic amines is 1. The summed E-state index contributed by atoms with van der Waals surface area (Å²) in [6, 6.07) is 7.77. The maximum absolute atomic E-state index is 13.1. The second kappa shape index (κ2) is 6.98. The molecule has 2 N–H and O–H groups in total. The molecular formula is C19H23N3O2S2. The minimum Gasteiger partial charge on any atom is -0.282 e. The molecule has 0 spiro atoms. The number of nitrogens with zero attached hydrogens (tertiary/aromatic N) is 1. The van der Waals surface area contributed by atoms with Gasteiger partial charge in [-0.25, -0.2) is 13.1 Å². The van der Waals surface area contributed by atoms with Gasteiger partial charge in [-0.05, 0) is 51.3 Å². The molecule has 0 radical (unpaired) electrons. The zero-order valence-electron chi connectivity index (χ0n) is 15.6. The summed E-state index contributed by atoms with van der Waals surface area (Å²) in [6.45, 7) is 9.92. The molecule has 0 aliphatic rings. The Hall–Kier alpha value is -1.96. The van der Waals surface area contributed by atoms with Crippen molar-refractivity contribution in [1.29, 1.82) is 0 Å². The van der Waals surface area contributed by atoms with E-state index in [1.54, 1.807) is 0 Å². The lowest BCUT2D eigenvalue weighted by Gasteiger charge is -2.11. The summed E-state index contributed by atoms with van der Waals surface area (Å²) in [5.41, 5.74) is 5.36. The Morgan fingerprint density at radius 1 is 1.08 bits per heavy atom. The maximum atomic E-state index is 13.1. The fraction of sp³-hybridized carbons (Fsp3) is 0.316. The van der Waals surface area contributed by atoms with Crippen LogP contribution in [0.5, 0.6) is 0 Å². The van der Waals surface area contributed by atoms with Crippen LogP contribution in [0, 0.1) is 34.6 Å². The van der Waals surface area contributed by atoms with E-state index >= 15 is 0 Å². The average Bonchev–Trinajstić information content (AvgIpc) is 3.06. The van der Waals surface area contributed by atoms with Gasteiger partial charge in [-0.1, -0.05) is 24.3 Å². The van der Waals surface area contributed by atoms with Crippen LogP contribution < -0.4 is 4.72 Å². The molecule has 0 fully saturated rings. The Kier molecular flexibility index (Phi) is 5.05. The number of hydrogen-bond acceptors (Lipinski definition) is 4. The third-order valence-electron chi connectivity index (χ3n) is 4.68. The molecule has 0 aliphatic carbocycles. The largest absolute Gasteiger partial charge is 0.282 e. The summed E-state index contributed by atoms with van der Waals surface area (Å²) in [5.74, 6) is 0. The minimum atomic E-state index is -3.66. The highest BCUT2D eigenvalue weighted by Gasteiger charge is 2.28. The van der Waals surface area contributed by atoms with E-state index in [2.05, 4.69) is 14.9 Å².